The molecule has 0 N–H and O–H groups in total. The number of carbonyl (C=O) groups is 2. The first-order valence-electron chi connectivity index (χ1n) is 5.06. The summed E-state index contributed by atoms with van der Waals surface area (Å²) < 4.78 is 9.84. The van der Waals surface area contributed by atoms with Crippen molar-refractivity contribution in [3.63, 3.8) is 0 Å². The van der Waals surface area contributed by atoms with Crippen LogP contribution in [-0.2, 0) is 19.1 Å². The standard InChI is InChI=1S/C10H16O4/c11-7-13-9-5-3-1-2-4-6-10(9)14-8-12/h7-10H,1-6H2. The van der Waals surface area contributed by atoms with Crippen LogP contribution in [0.1, 0.15) is 38.5 Å². The van der Waals surface area contributed by atoms with Gasteiger partial charge in [-0.25, -0.2) is 0 Å². The van der Waals surface area contributed by atoms with Crippen LogP contribution in [-0.4, -0.2) is 25.2 Å². The van der Waals surface area contributed by atoms with E-state index in [4.69, 9.17) is 9.47 Å². The number of ether oxygens (including phenoxy) is 2. The quantitative estimate of drug-likeness (QED) is 0.644. The Bertz CT molecular complexity index is 161. The van der Waals surface area contributed by atoms with E-state index in [2.05, 4.69) is 0 Å². The van der Waals surface area contributed by atoms with Crippen molar-refractivity contribution in [3.05, 3.63) is 0 Å². The van der Waals surface area contributed by atoms with Crippen LogP contribution < -0.4 is 0 Å². The molecule has 0 bridgehead atoms. The first kappa shape index (κ1) is 11.0. The summed E-state index contributed by atoms with van der Waals surface area (Å²) in [4.78, 5) is 20.5. The molecule has 2 atom stereocenters. The number of hydrogen-bond acceptors (Lipinski definition) is 4. The third-order valence-electron chi connectivity index (χ3n) is 2.60. The Morgan fingerprint density at radius 2 is 1.21 bits per heavy atom. The molecule has 4 nitrogen and oxygen atoms in total. The van der Waals surface area contributed by atoms with Crippen molar-refractivity contribution in [2.24, 2.45) is 0 Å². The number of carbonyl (C=O) groups excluding carboxylic acids is 2. The molecular weight excluding hydrogens is 184 g/mol. The summed E-state index contributed by atoms with van der Waals surface area (Å²) in [6.45, 7) is 0.876. The molecule has 2 unspecified atom stereocenters. The SMILES string of the molecule is O=COC1CCCCCCC1OC=O. The molecule has 1 saturated carbocycles. The van der Waals surface area contributed by atoms with Crippen molar-refractivity contribution >= 4 is 12.9 Å². The average Bonchev–Trinajstić information content (AvgIpc) is 2.16. The molecule has 0 heterocycles. The van der Waals surface area contributed by atoms with E-state index in [0.29, 0.717) is 12.9 Å². The van der Waals surface area contributed by atoms with Crippen LogP contribution in [0.15, 0.2) is 0 Å². The highest BCUT2D eigenvalue weighted by Crippen LogP contribution is 2.21. The van der Waals surface area contributed by atoms with Gasteiger partial charge in [-0.05, 0) is 25.7 Å². The van der Waals surface area contributed by atoms with E-state index in [9.17, 15) is 9.59 Å². The van der Waals surface area contributed by atoms with Gasteiger partial charge in [-0.3, -0.25) is 9.59 Å². The normalized spacial score (nSPS) is 28.3. The zero-order valence-electron chi connectivity index (χ0n) is 8.19. The van der Waals surface area contributed by atoms with Gasteiger partial charge in [0, 0.05) is 0 Å². The Kier molecular flexibility index (Phi) is 5.04. The number of hydrogen-bond donors (Lipinski definition) is 0. The molecule has 14 heavy (non-hydrogen) atoms. The fourth-order valence-corrected chi connectivity index (χ4v) is 1.87. The smallest absolute Gasteiger partial charge is 0.293 e. The van der Waals surface area contributed by atoms with Gasteiger partial charge < -0.3 is 9.47 Å². The van der Waals surface area contributed by atoms with E-state index in [1.807, 2.05) is 0 Å². The van der Waals surface area contributed by atoms with E-state index in [1.54, 1.807) is 0 Å². The van der Waals surface area contributed by atoms with Crippen molar-refractivity contribution in [1.82, 2.24) is 0 Å². The highest BCUT2D eigenvalue weighted by Gasteiger charge is 2.25. The Labute approximate surface area is 83.6 Å². The second kappa shape index (κ2) is 6.40. The molecule has 0 saturated heterocycles. The van der Waals surface area contributed by atoms with Gasteiger partial charge in [-0.2, -0.15) is 0 Å². The summed E-state index contributed by atoms with van der Waals surface area (Å²) in [6, 6.07) is 0. The Morgan fingerprint density at radius 3 is 1.57 bits per heavy atom. The molecule has 0 aromatic heterocycles. The summed E-state index contributed by atoms with van der Waals surface area (Å²) >= 11 is 0. The van der Waals surface area contributed by atoms with E-state index >= 15 is 0 Å². The topological polar surface area (TPSA) is 52.6 Å². The Balaban J connectivity index is 2.49. The zero-order valence-corrected chi connectivity index (χ0v) is 8.19. The van der Waals surface area contributed by atoms with Gasteiger partial charge in [-0.15, -0.1) is 0 Å². The lowest BCUT2D eigenvalue weighted by Crippen LogP contribution is -2.32. The minimum absolute atomic E-state index is 0.252. The van der Waals surface area contributed by atoms with Crippen molar-refractivity contribution in [2.45, 2.75) is 50.7 Å². The highest BCUT2D eigenvalue weighted by atomic mass is 16.6. The predicted octanol–water partition coefficient (Wildman–Crippen LogP) is 1.42. The summed E-state index contributed by atoms with van der Waals surface area (Å²) in [6.07, 6.45) is 5.44. The van der Waals surface area contributed by atoms with Crippen LogP contribution in [0, 0.1) is 0 Å². The van der Waals surface area contributed by atoms with Crippen LogP contribution in [0.5, 0.6) is 0 Å². The molecular formula is C10H16O4. The molecule has 1 fully saturated rings. The monoisotopic (exact) mass is 200 g/mol. The number of rotatable bonds is 4. The summed E-state index contributed by atoms with van der Waals surface area (Å²) in [5, 5.41) is 0. The van der Waals surface area contributed by atoms with Gasteiger partial charge in [0.25, 0.3) is 12.9 Å². The van der Waals surface area contributed by atoms with E-state index in [-0.39, 0.29) is 12.2 Å². The average molecular weight is 200 g/mol. The van der Waals surface area contributed by atoms with Crippen molar-refractivity contribution < 1.29 is 19.1 Å². The molecule has 1 aliphatic rings. The minimum atomic E-state index is -0.252. The summed E-state index contributed by atoms with van der Waals surface area (Å²) in [5.41, 5.74) is 0. The molecule has 4 heteroatoms. The lowest BCUT2D eigenvalue weighted by Gasteiger charge is -2.25. The van der Waals surface area contributed by atoms with Crippen LogP contribution in [0.25, 0.3) is 0 Å². The molecule has 0 radical (unpaired) electrons. The molecule has 1 rings (SSSR count). The Hall–Kier alpha value is -1.06. The molecule has 0 aromatic rings. The lowest BCUT2D eigenvalue weighted by atomic mass is 9.96. The van der Waals surface area contributed by atoms with Crippen LogP contribution in [0.4, 0.5) is 0 Å². The van der Waals surface area contributed by atoms with Gasteiger partial charge >= 0.3 is 0 Å². The fraction of sp³-hybridized carbons (Fsp3) is 0.800. The first-order valence-corrected chi connectivity index (χ1v) is 5.06. The highest BCUT2D eigenvalue weighted by molar-refractivity contribution is 5.39. The Morgan fingerprint density at radius 1 is 0.786 bits per heavy atom. The van der Waals surface area contributed by atoms with Crippen molar-refractivity contribution in [2.75, 3.05) is 0 Å². The predicted molar refractivity (Wildman–Crippen MR) is 49.6 cm³/mol. The van der Waals surface area contributed by atoms with E-state index in [1.165, 1.54) is 0 Å². The van der Waals surface area contributed by atoms with E-state index < -0.39 is 0 Å². The van der Waals surface area contributed by atoms with Gasteiger partial charge in [0.05, 0.1) is 0 Å². The van der Waals surface area contributed by atoms with Gasteiger partial charge in [-0.1, -0.05) is 12.8 Å². The van der Waals surface area contributed by atoms with Crippen LogP contribution in [0.2, 0.25) is 0 Å². The lowest BCUT2D eigenvalue weighted by molar-refractivity contribution is -0.152. The zero-order chi connectivity index (χ0) is 10.2. The second-order valence-electron chi connectivity index (χ2n) is 3.53. The van der Waals surface area contributed by atoms with Crippen LogP contribution in [0.3, 0.4) is 0 Å². The van der Waals surface area contributed by atoms with Gasteiger partial charge in [0.1, 0.15) is 12.2 Å². The maximum Gasteiger partial charge on any atom is 0.293 e. The maximum atomic E-state index is 10.3. The van der Waals surface area contributed by atoms with Crippen LogP contribution >= 0.6 is 0 Å². The minimum Gasteiger partial charge on any atom is -0.461 e. The summed E-state index contributed by atoms with van der Waals surface area (Å²) in [5.74, 6) is 0. The molecule has 0 aromatic carbocycles. The molecule has 0 amide bonds. The van der Waals surface area contributed by atoms with Gasteiger partial charge in [0.2, 0.25) is 0 Å². The molecule has 80 valence electrons. The largest absolute Gasteiger partial charge is 0.461 e. The molecule has 0 aliphatic heterocycles. The van der Waals surface area contributed by atoms with Crippen molar-refractivity contribution in [1.29, 1.82) is 0 Å². The van der Waals surface area contributed by atoms with Gasteiger partial charge in [0.15, 0.2) is 0 Å². The van der Waals surface area contributed by atoms with E-state index in [0.717, 1.165) is 38.5 Å². The molecule has 1 aliphatic carbocycles. The summed E-state index contributed by atoms with van der Waals surface area (Å²) in [7, 11) is 0. The second-order valence-corrected chi connectivity index (χ2v) is 3.53. The third kappa shape index (κ3) is 3.36. The fourth-order valence-electron chi connectivity index (χ4n) is 1.87. The molecule has 0 spiro atoms. The third-order valence-corrected chi connectivity index (χ3v) is 2.60. The maximum absolute atomic E-state index is 10.3. The van der Waals surface area contributed by atoms with Crippen molar-refractivity contribution in [3.8, 4) is 0 Å². The first-order chi connectivity index (χ1) is 6.88.